The zero-order valence-corrected chi connectivity index (χ0v) is 25.1. The van der Waals surface area contributed by atoms with Gasteiger partial charge in [-0.25, -0.2) is 9.97 Å². The number of anilines is 2. The average molecular weight is 594 g/mol. The molecule has 0 spiro atoms. The first-order chi connectivity index (χ1) is 20.9. The van der Waals surface area contributed by atoms with E-state index in [1.54, 1.807) is 24.4 Å². The molecule has 0 bridgehead atoms. The second-order valence-electron chi connectivity index (χ2n) is 11.4. The van der Waals surface area contributed by atoms with Crippen LogP contribution in [0.1, 0.15) is 59.2 Å². The number of benzene rings is 2. The minimum atomic E-state index is -0.605. The maximum absolute atomic E-state index is 12.9. The van der Waals surface area contributed by atoms with Crippen LogP contribution >= 0.6 is 11.6 Å². The topological polar surface area (TPSA) is 117 Å². The molecule has 220 valence electrons. The highest BCUT2D eigenvalue weighted by molar-refractivity contribution is 6.31. The lowest BCUT2D eigenvalue weighted by atomic mass is 9.99. The fourth-order valence-electron chi connectivity index (χ4n) is 6.31. The maximum Gasteiger partial charge on any atom is 0.252 e. The predicted octanol–water partition coefficient (Wildman–Crippen LogP) is 5.64. The number of nitrogens with one attached hydrogen (secondary N) is 1. The number of H-pyrrole nitrogens is 1. The van der Waals surface area contributed by atoms with Gasteiger partial charge >= 0.3 is 0 Å². The summed E-state index contributed by atoms with van der Waals surface area (Å²) in [5.41, 5.74) is 17.9. The van der Waals surface area contributed by atoms with E-state index in [-0.39, 0.29) is 11.5 Å². The molecule has 2 aliphatic rings. The molecular formula is C34H36ClN7O. The lowest BCUT2D eigenvalue weighted by molar-refractivity contribution is 0.100. The lowest BCUT2D eigenvalue weighted by Crippen LogP contribution is -2.46. The number of carbonyl (C=O) groups excluding carboxylic acids is 1. The summed E-state index contributed by atoms with van der Waals surface area (Å²) < 4.78 is 0. The minimum Gasteiger partial charge on any atom is -0.371 e. The van der Waals surface area contributed by atoms with Gasteiger partial charge in [-0.1, -0.05) is 35.9 Å². The third-order valence-corrected chi connectivity index (χ3v) is 8.82. The summed E-state index contributed by atoms with van der Waals surface area (Å²) in [7, 11) is 0. The molecule has 4 heterocycles. The number of halogens is 1. The van der Waals surface area contributed by atoms with Crippen LogP contribution in [0, 0.1) is 18.8 Å². The number of primary amides is 1. The summed E-state index contributed by atoms with van der Waals surface area (Å²) >= 11 is 6.33. The number of aromatic amines is 1. The van der Waals surface area contributed by atoms with E-state index >= 15 is 0 Å². The quantitative estimate of drug-likeness (QED) is 0.258. The van der Waals surface area contributed by atoms with Crippen LogP contribution in [0.3, 0.4) is 0 Å². The number of hydrogen-bond acceptors (Lipinski definition) is 6. The van der Waals surface area contributed by atoms with E-state index in [4.69, 9.17) is 23.1 Å². The lowest BCUT2D eigenvalue weighted by Gasteiger charge is -2.41. The molecule has 5 N–H and O–H groups in total. The first kappa shape index (κ1) is 28.8. The second kappa shape index (κ2) is 12.5. The van der Waals surface area contributed by atoms with Crippen molar-refractivity contribution in [3.8, 4) is 34.5 Å². The minimum absolute atomic E-state index is 0.114. The molecule has 0 unspecified atom stereocenters. The highest BCUT2D eigenvalue weighted by Crippen LogP contribution is 2.35. The summed E-state index contributed by atoms with van der Waals surface area (Å²) in [4.78, 5) is 29.8. The molecule has 2 aliphatic heterocycles. The highest BCUT2D eigenvalue weighted by atomic mass is 35.5. The standard InChI is InChI=1S/C34H36ClN7O/c1-22-5-9-24(35)21-28(22)32-30(33(36)43)27(31(40-32)29-13-16-38-34(37)39-29)12-8-23-6-10-25(11-7-23)42-19-14-26(15-20-42)41-17-3-2-4-18-41/h5-7,9-11,13,16,21,26,40H,2-4,14-15,17-20H2,1H3,(H2,36,43)(H2,37,38,39). The van der Waals surface area contributed by atoms with Crippen LogP contribution in [0.25, 0.3) is 22.6 Å². The molecular weight excluding hydrogens is 558 g/mol. The molecule has 0 aliphatic carbocycles. The first-order valence-electron chi connectivity index (χ1n) is 14.9. The van der Waals surface area contributed by atoms with Crippen LogP contribution < -0.4 is 16.4 Å². The number of nitrogens with two attached hydrogens (primary N) is 2. The number of rotatable bonds is 5. The number of amides is 1. The Morgan fingerprint density at radius 2 is 1.72 bits per heavy atom. The Hall–Kier alpha value is -4.32. The summed E-state index contributed by atoms with van der Waals surface area (Å²) in [5.74, 6) is 5.98. The van der Waals surface area contributed by atoms with Gasteiger partial charge in [0.05, 0.1) is 28.2 Å². The largest absolute Gasteiger partial charge is 0.371 e. The van der Waals surface area contributed by atoms with Crippen molar-refractivity contribution in [1.82, 2.24) is 19.9 Å². The van der Waals surface area contributed by atoms with Gasteiger partial charge in [-0.15, -0.1) is 0 Å². The number of carbonyl (C=O) groups is 1. The SMILES string of the molecule is Cc1ccc(Cl)cc1-c1[nH]c(-c2ccnc(N)n2)c(C#Cc2ccc(N3CCC(N4CCCCC4)CC3)cc2)c1C(N)=O. The van der Waals surface area contributed by atoms with Crippen LogP contribution in [0.2, 0.25) is 5.02 Å². The van der Waals surface area contributed by atoms with Crippen LogP contribution in [-0.4, -0.2) is 58.0 Å². The smallest absolute Gasteiger partial charge is 0.252 e. The number of nitrogens with zero attached hydrogens (tertiary/aromatic N) is 4. The van der Waals surface area contributed by atoms with Crippen molar-refractivity contribution >= 4 is 29.1 Å². The van der Waals surface area contributed by atoms with Gasteiger partial charge in [-0.3, -0.25) is 4.79 Å². The summed E-state index contributed by atoms with van der Waals surface area (Å²) in [6.45, 7) is 6.58. The van der Waals surface area contributed by atoms with Gasteiger partial charge in [-0.2, -0.15) is 0 Å². The van der Waals surface area contributed by atoms with E-state index in [1.165, 1.54) is 50.9 Å². The maximum atomic E-state index is 12.9. The Morgan fingerprint density at radius 3 is 2.42 bits per heavy atom. The van der Waals surface area contributed by atoms with Gasteiger partial charge < -0.3 is 26.3 Å². The van der Waals surface area contributed by atoms with E-state index in [0.29, 0.717) is 33.7 Å². The van der Waals surface area contributed by atoms with Crippen LogP contribution in [0.15, 0.2) is 54.7 Å². The van der Waals surface area contributed by atoms with E-state index in [0.717, 1.165) is 29.8 Å². The number of aryl methyl sites for hydroxylation is 1. The number of aromatic nitrogens is 3. The summed E-state index contributed by atoms with van der Waals surface area (Å²) in [6.07, 6.45) is 8.02. The Balaban J connectivity index is 1.30. The fraction of sp³-hybridized carbons (Fsp3) is 0.324. The number of nitrogen functional groups attached to an aromatic ring is 1. The zero-order valence-electron chi connectivity index (χ0n) is 24.4. The molecule has 0 atom stereocenters. The van der Waals surface area contributed by atoms with Crippen LogP contribution in [0.4, 0.5) is 11.6 Å². The van der Waals surface area contributed by atoms with Crippen molar-refractivity contribution < 1.29 is 4.79 Å². The highest BCUT2D eigenvalue weighted by Gasteiger charge is 2.26. The van der Waals surface area contributed by atoms with Crippen molar-refractivity contribution in [3.63, 3.8) is 0 Å². The molecule has 0 saturated carbocycles. The third-order valence-electron chi connectivity index (χ3n) is 8.58. The van der Waals surface area contributed by atoms with Crippen molar-refractivity contribution in [2.24, 2.45) is 5.73 Å². The fourth-order valence-corrected chi connectivity index (χ4v) is 6.48. The Kier molecular flexibility index (Phi) is 8.37. The van der Waals surface area contributed by atoms with Gasteiger partial charge in [0.1, 0.15) is 0 Å². The first-order valence-corrected chi connectivity index (χ1v) is 15.3. The van der Waals surface area contributed by atoms with Gasteiger partial charge in [0.2, 0.25) is 5.95 Å². The van der Waals surface area contributed by atoms with Crippen molar-refractivity contribution in [2.45, 2.75) is 45.1 Å². The zero-order chi connectivity index (χ0) is 29.9. The summed E-state index contributed by atoms with van der Waals surface area (Å²) in [5, 5.41) is 0.543. The van der Waals surface area contributed by atoms with Crippen molar-refractivity contribution in [3.05, 3.63) is 82.0 Å². The number of hydrogen-bond donors (Lipinski definition) is 3. The van der Waals surface area contributed by atoms with Crippen molar-refractivity contribution in [1.29, 1.82) is 0 Å². The Labute approximate surface area is 257 Å². The normalized spacial score (nSPS) is 16.1. The molecule has 9 heteroatoms. The monoisotopic (exact) mass is 593 g/mol. The Bertz CT molecular complexity index is 1690. The molecule has 2 aromatic carbocycles. The van der Waals surface area contributed by atoms with Gasteiger partial charge in [0, 0.05) is 47.2 Å². The number of likely N-dealkylation sites (tertiary alicyclic amines) is 1. The third kappa shape index (κ3) is 6.24. The summed E-state index contributed by atoms with van der Waals surface area (Å²) in [6, 6.07) is 16.3. The average Bonchev–Trinajstić information content (AvgIpc) is 3.42. The Morgan fingerprint density at radius 1 is 0.977 bits per heavy atom. The molecule has 8 nitrogen and oxygen atoms in total. The van der Waals surface area contributed by atoms with E-state index < -0.39 is 5.91 Å². The van der Waals surface area contributed by atoms with E-state index in [2.05, 4.69) is 48.7 Å². The molecule has 2 aromatic heterocycles. The molecule has 2 fully saturated rings. The van der Waals surface area contributed by atoms with Gasteiger partial charge in [0.25, 0.3) is 5.91 Å². The van der Waals surface area contributed by atoms with Crippen molar-refractivity contribution in [2.75, 3.05) is 36.8 Å². The predicted molar refractivity (Wildman–Crippen MR) is 173 cm³/mol. The van der Waals surface area contributed by atoms with Gasteiger partial charge in [0.15, 0.2) is 0 Å². The van der Waals surface area contributed by atoms with E-state index in [1.807, 2.05) is 25.1 Å². The van der Waals surface area contributed by atoms with Crippen LogP contribution in [-0.2, 0) is 0 Å². The molecule has 6 rings (SSSR count). The van der Waals surface area contributed by atoms with Gasteiger partial charge in [-0.05, 0) is 93.7 Å². The second-order valence-corrected chi connectivity index (χ2v) is 11.8. The van der Waals surface area contributed by atoms with Crippen LogP contribution in [0.5, 0.6) is 0 Å². The number of piperidine rings is 2. The molecule has 2 saturated heterocycles. The molecule has 0 radical (unpaired) electrons. The molecule has 4 aromatic rings. The molecule has 43 heavy (non-hydrogen) atoms. The van der Waals surface area contributed by atoms with E-state index in [9.17, 15) is 4.79 Å². The molecule has 1 amide bonds.